The molecule has 3 aromatic carbocycles. The second-order valence-electron chi connectivity index (χ2n) is 8.01. The molecule has 1 amide bonds. The Labute approximate surface area is 191 Å². The summed E-state index contributed by atoms with van der Waals surface area (Å²) >= 11 is 6.15. The Bertz CT molecular complexity index is 1280. The van der Waals surface area contributed by atoms with Gasteiger partial charge in [-0.2, -0.15) is 0 Å². The van der Waals surface area contributed by atoms with Gasteiger partial charge in [-0.3, -0.25) is 14.5 Å². The molecule has 0 saturated carbocycles. The van der Waals surface area contributed by atoms with Gasteiger partial charge in [-0.25, -0.2) is 0 Å². The molecule has 1 fully saturated rings. The molecule has 4 rings (SSSR count). The summed E-state index contributed by atoms with van der Waals surface area (Å²) in [4.78, 5) is 27.7. The molecule has 1 atom stereocenters. The lowest BCUT2D eigenvalue weighted by atomic mass is 9.94. The first kappa shape index (κ1) is 21.7. The number of rotatable bonds is 3. The lowest BCUT2D eigenvalue weighted by Gasteiger charge is -2.26. The summed E-state index contributed by atoms with van der Waals surface area (Å²) in [6.07, 6.45) is 0. The molecular weight excluding hydrogens is 426 g/mol. The van der Waals surface area contributed by atoms with Gasteiger partial charge in [-0.05, 0) is 61.7 Å². The van der Waals surface area contributed by atoms with Crippen LogP contribution in [0.4, 0.5) is 5.69 Å². The van der Waals surface area contributed by atoms with Gasteiger partial charge in [0.1, 0.15) is 11.5 Å². The number of Topliss-reactive ketones (excluding diaryl/α,β-unsaturated/α-hetero) is 1. The Balaban J connectivity index is 1.97. The van der Waals surface area contributed by atoms with Gasteiger partial charge >= 0.3 is 0 Å². The van der Waals surface area contributed by atoms with Crippen molar-refractivity contribution in [3.8, 4) is 5.75 Å². The minimum atomic E-state index is -0.906. The maximum absolute atomic E-state index is 13.2. The summed E-state index contributed by atoms with van der Waals surface area (Å²) in [5, 5.41) is 21.1. The zero-order valence-electron chi connectivity index (χ0n) is 17.9. The predicted molar refractivity (Wildman–Crippen MR) is 125 cm³/mol. The summed E-state index contributed by atoms with van der Waals surface area (Å²) in [5.41, 5.74) is 4.45. The van der Waals surface area contributed by atoms with Crippen LogP contribution in [0, 0.1) is 20.8 Å². The highest BCUT2D eigenvalue weighted by atomic mass is 35.5. The Morgan fingerprint density at radius 1 is 0.906 bits per heavy atom. The van der Waals surface area contributed by atoms with Crippen molar-refractivity contribution in [2.45, 2.75) is 26.8 Å². The standard InChI is InChI=1S/C26H22ClNO4/c1-14-4-7-17(8-5-14)24(30)22-23(18-9-11-21(29)20(27)13-18)28(26(32)25(22)31)19-10-6-15(2)16(3)12-19/h4-13,23,29-30H,1-3H3/b24-22+. The summed E-state index contributed by atoms with van der Waals surface area (Å²) in [7, 11) is 0. The van der Waals surface area contributed by atoms with Crippen LogP contribution >= 0.6 is 11.6 Å². The normalized spacial score (nSPS) is 17.8. The topological polar surface area (TPSA) is 77.8 Å². The van der Waals surface area contributed by atoms with Crippen molar-refractivity contribution in [1.82, 2.24) is 0 Å². The van der Waals surface area contributed by atoms with Gasteiger partial charge in [-0.1, -0.05) is 53.6 Å². The third kappa shape index (κ3) is 3.65. The van der Waals surface area contributed by atoms with Gasteiger partial charge in [0.15, 0.2) is 0 Å². The monoisotopic (exact) mass is 447 g/mol. The van der Waals surface area contributed by atoms with E-state index in [4.69, 9.17) is 11.6 Å². The van der Waals surface area contributed by atoms with Crippen LogP contribution in [-0.2, 0) is 9.59 Å². The number of hydrogen-bond acceptors (Lipinski definition) is 4. The minimum Gasteiger partial charge on any atom is -0.507 e. The molecule has 0 radical (unpaired) electrons. The van der Waals surface area contributed by atoms with Gasteiger partial charge < -0.3 is 10.2 Å². The van der Waals surface area contributed by atoms with Crippen molar-refractivity contribution in [2.75, 3.05) is 4.90 Å². The average Bonchev–Trinajstić information content (AvgIpc) is 3.03. The third-order valence-corrected chi connectivity index (χ3v) is 6.13. The van der Waals surface area contributed by atoms with E-state index in [0.717, 1.165) is 16.7 Å². The molecular formula is C26H22ClNO4. The van der Waals surface area contributed by atoms with Crippen molar-refractivity contribution in [3.63, 3.8) is 0 Å². The summed E-state index contributed by atoms with van der Waals surface area (Å²) in [6, 6.07) is 16.1. The second kappa shape index (κ2) is 8.17. The highest BCUT2D eigenvalue weighted by Crippen LogP contribution is 2.43. The molecule has 5 nitrogen and oxygen atoms in total. The molecule has 32 heavy (non-hydrogen) atoms. The molecule has 0 aromatic heterocycles. The number of amides is 1. The number of aromatic hydroxyl groups is 1. The van der Waals surface area contributed by atoms with Crippen LogP contribution in [0.3, 0.4) is 0 Å². The number of hydrogen-bond donors (Lipinski definition) is 2. The molecule has 6 heteroatoms. The first-order chi connectivity index (χ1) is 15.2. The fourth-order valence-electron chi connectivity index (χ4n) is 3.85. The fraction of sp³-hybridized carbons (Fsp3) is 0.154. The zero-order valence-corrected chi connectivity index (χ0v) is 18.6. The molecule has 0 bridgehead atoms. The number of carbonyl (C=O) groups is 2. The number of ketones is 1. The van der Waals surface area contributed by atoms with Crippen LogP contribution in [0.1, 0.15) is 33.9 Å². The number of phenolic OH excluding ortho intramolecular Hbond substituents is 1. The number of halogens is 1. The SMILES string of the molecule is Cc1ccc(/C(O)=C2\C(=O)C(=O)N(c3ccc(C)c(C)c3)C2c2ccc(O)c(Cl)c2)cc1. The van der Waals surface area contributed by atoms with E-state index in [1.807, 2.05) is 45.0 Å². The molecule has 3 aromatic rings. The maximum Gasteiger partial charge on any atom is 0.300 e. The molecule has 1 unspecified atom stereocenters. The number of carbonyl (C=O) groups excluding carboxylic acids is 2. The van der Waals surface area contributed by atoms with Crippen LogP contribution < -0.4 is 4.90 Å². The molecule has 2 N–H and O–H groups in total. The van der Waals surface area contributed by atoms with E-state index in [0.29, 0.717) is 16.8 Å². The number of anilines is 1. The third-order valence-electron chi connectivity index (χ3n) is 5.83. The Morgan fingerprint density at radius 2 is 1.59 bits per heavy atom. The number of nitrogens with zero attached hydrogens (tertiary/aromatic N) is 1. The van der Waals surface area contributed by atoms with Gasteiger partial charge in [0.05, 0.1) is 16.6 Å². The van der Waals surface area contributed by atoms with Crippen LogP contribution in [-0.4, -0.2) is 21.9 Å². The maximum atomic E-state index is 13.2. The number of aliphatic hydroxyl groups excluding tert-OH is 1. The van der Waals surface area contributed by atoms with Crippen molar-refractivity contribution < 1.29 is 19.8 Å². The quantitative estimate of drug-likeness (QED) is 0.311. The fourth-order valence-corrected chi connectivity index (χ4v) is 4.04. The zero-order chi connectivity index (χ0) is 23.2. The van der Waals surface area contributed by atoms with Gasteiger partial charge in [-0.15, -0.1) is 0 Å². The number of aliphatic hydroxyl groups is 1. The van der Waals surface area contributed by atoms with Gasteiger partial charge in [0.25, 0.3) is 11.7 Å². The number of benzene rings is 3. The first-order valence-corrected chi connectivity index (χ1v) is 10.5. The molecule has 1 aliphatic heterocycles. The molecule has 1 saturated heterocycles. The molecule has 1 aliphatic rings. The van der Waals surface area contributed by atoms with E-state index in [-0.39, 0.29) is 22.1 Å². The molecule has 162 valence electrons. The van der Waals surface area contributed by atoms with E-state index in [1.165, 1.54) is 17.0 Å². The minimum absolute atomic E-state index is 0.0289. The average molecular weight is 448 g/mol. The van der Waals surface area contributed by atoms with Crippen molar-refractivity contribution in [2.24, 2.45) is 0 Å². The van der Waals surface area contributed by atoms with E-state index in [2.05, 4.69) is 0 Å². The van der Waals surface area contributed by atoms with E-state index in [9.17, 15) is 19.8 Å². The van der Waals surface area contributed by atoms with E-state index in [1.54, 1.807) is 24.3 Å². The Kier molecular flexibility index (Phi) is 5.53. The summed E-state index contributed by atoms with van der Waals surface area (Å²) in [5.74, 6) is -1.90. The molecule has 1 heterocycles. The van der Waals surface area contributed by atoms with Crippen LogP contribution in [0.5, 0.6) is 5.75 Å². The van der Waals surface area contributed by atoms with Crippen LogP contribution in [0.15, 0.2) is 66.2 Å². The lowest BCUT2D eigenvalue weighted by Crippen LogP contribution is -2.29. The number of aryl methyl sites for hydroxylation is 3. The van der Waals surface area contributed by atoms with Gasteiger partial charge in [0, 0.05) is 11.3 Å². The molecule has 0 spiro atoms. The predicted octanol–water partition coefficient (Wildman–Crippen LogP) is 5.60. The highest BCUT2D eigenvalue weighted by molar-refractivity contribution is 6.51. The smallest absolute Gasteiger partial charge is 0.300 e. The lowest BCUT2D eigenvalue weighted by molar-refractivity contribution is -0.132. The largest absolute Gasteiger partial charge is 0.507 e. The number of phenols is 1. The summed E-state index contributed by atoms with van der Waals surface area (Å²) in [6.45, 7) is 5.80. The first-order valence-electron chi connectivity index (χ1n) is 10.1. The Morgan fingerprint density at radius 3 is 2.22 bits per heavy atom. The van der Waals surface area contributed by atoms with Crippen LogP contribution in [0.2, 0.25) is 5.02 Å². The van der Waals surface area contributed by atoms with Crippen molar-refractivity contribution in [3.05, 3.63) is 99.1 Å². The highest BCUT2D eigenvalue weighted by Gasteiger charge is 2.47. The summed E-state index contributed by atoms with van der Waals surface area (Å²) < 4.78 is 0. The molecule has 0 aliphatic carbocycles. The van der Waals surface area contributed by atoms with Crippen LogP contribution in [0.25, 0.3) is 5.76 Å². The van der Waals surface area contributed by atoms with Crippen molar-refractivity contribution >= 4 is 34.7 Å². The van der Waals surface area contributed by atoms with E-state index < -0.39 is 17.7 Å². The Hall–Kier alpha value is -3.57. The van der Waals surface area contributed by atoms with E-state index >= 15 is 0 Å². The second-order valence-corrected chi connectivity index (χ2v) is 8.42. The van der Waals surface area contributed by atoms with Gasteiger partial charge in [0.2, 0.25) is 0 Å². The van der Waals surface area contributed by atoms with Crippen molar-refractivity contribution in [1.29, 1.82) is 0 Å².